The van der Waals surface area contributed by atoms with Crippen molar-refractivity contribution in [1.29, 1.82) is 5.26 Å². The Hall–Kier alpha value is -3.05. The van der Waals surface area contributed by atoms with Gasteiger partial charge < -0.3 is 25.2 Å². The number of benzene rings is 1. The number of methoxy groups -OCH3 is 2. The maximum absolute atomic E-state index is 10.2. The van der Waals surface area contributed by atoms with Crippen molar-refractivity contribution < 1.29 is 14.6 Å². The quantitative estimate of drug-likeness (QED) is 0.590. The summed E-state index contributed by atoms with van der Waals surface area (Å²) in [5.41, 5.74) is 1.25. The van der Waals surface area contributed by atoms with Crippen LogP contribution in [-0.2, 0) is 6.42 Å². The van der Waals surface area contributed by atoms with Crippen LogP contribution in [0.5, 0.6) is 11.5 Å². The molecule has 0 amide bonds. The van der Waals surface area contributed by atoms with E-state index in [0.717, 1.165) is 30.6 Å². The summed E-state index contributed by atoms with van der Waals surface area (Å²) in [4.78, 5) is 8.81. The van der Waals surface area contributed by atoms with Crippen molar-refractivity contribution in [3.63, 3.8) is 0 Å². The van der Waals surface area contributed by atoms with Gasteiger partial charge in [0, 0.05) is 12.6 Å². The maximum atomic E-state index is 10.2. The molecule has 1 heterocycles. The SMILES string of the molecule is COc1cccc(CCNc2ncc(C#N)c(N[C@@H]3CC[C@H](O)C(C)(C)C3)n2)c1OC. The fourth-order valence-electron chi connectivity index (χ4n) is 4.06. The average Bonchev–Trinajstić information content (AvgIpc) is 2.76. The van der Waals surface area contributed by atoms with Gasteiger partial charge in [-0.15, -0.1) is 0 Å². The van der Waals surface area contributed by atoms with Crippen LogP contribution in [0, 0.1) is 16.7 Å². The van der Waals surface area contributed by atoms with Crippen molar-refractivity contribution in [1.82, 2.24) is 9.97 Å². The Labute approximate surface area is 183 Å². The van der Waals surface area contributed by atoms with E-state index in [-0.39, 0.29) is 17.6 Å². The summed E-state index contributed by atoms with van der Waals surface area (Å²) >= 11 is 0. The van der Waals surface area contributed by atoms with Gasteiger partial charge in [0.15, 0.2) is 11.5 Å². The zero-order valence-electron chi connectivity index (χ0n) is 18.6. The molecule has 8 nitrogen and oxygen atoms in total. The number of aromatic nitrogens is 2. The fraction of sp³-hybridized carbons (Fsp3) is 0.522. The Kier molecular flexibility index (Phi) is 7.18. The third-order valence-corrected chi connectivity index (χ3v) is 5.88. The van der Waals surface area contributed by atoms with Crippen LogP contribution in [0.15, 0.2) is 24.4 Å². The fourth-order valence-corrected chi connectivity index (χ4v) is 4.06. The van der Waals surface area contributed by atoms with Gasteiger partial charge in [0.25, 0.3) is 0 Å². The lowest BCUT2D eigenvalue weighted by molar-refractivity contribution is 0.00926. The molecule has 1 aromatic heterocycles. The molecule has 0 saturated heterocycles. The van der Waals surface area contributed by atoms with Crippen molar-refractivity contribution >= 4 is 11.8 Å². The lowest BCUT2D eigenvalue weighted by Crippen LogP contribution is -2.41. The van der Waals surface area contributed by atoms with Crippen LogP contribution in [0.4, 0.5) is 11.8 Å². The van der Waals surface area contributed by atoms with Crippen LogP contribution in [0.3, 0.4) is 0 Å². The lowest BCUT2D eigenvalue weighted by atomic mass is 9.73. The van der Waals surface area contributed by atoms with Crippen LogP contribution in [0.2, 0.25) is 0 Å². The van der Waals surface area contributed by atoms with E-state index in [4.69, 9.17) is 9.47 Å². The minimum Gasteiger partial charge on any atom is -0.493 e. The van der Waals surface area contributed by atoms with E-state index in [1.54, 1.807) is 14.2 Å². The molecule has 1 saturated carbocycles. The molecule has 8 heteroatoms. The Morgan fingerprint density at radius 3 is 2.74 bits per heavy atom. The number of nitrogens with zero attached hydrogens (tertiary/aromatic N) is 3. The maximum Gasteiger partial charge on any atom is 0.224 e. The summed E-state index contributed by atoms with van der Waals surface area (Å²) < 4.78 is 10.8. The van der Waals surface area contributed by atoms with E-state index >= 15 is 0 Å². The predicted octanol–water partition coefficient (Wildman–Crippen LogP) is 3.37. The highest BCUT2D eigenvalue weighted by molar-refractivity contribution is 5.54. The Balaban J connectivity index is 1.67. The average molecular weight is 426 g/mol. The highest BCUT2D eigenvalue weighted by Gasteiger charge is 2.35. The van der Waals surface area contributed by atoms with Gasteiger partial charge in [-0.1, -0.05) is 26.0 Å². The summed E-state index contributed by atoms with van der Waals surface area (Å²) in [6, 6.07) is 8.09. The number of anilines is 2. The first kappa shape index (κ1) is 22.6. The van der Waals surface area contributed by atoms with Crippen molar-refractivity contribution in [3.05, 3.63) is 35.5 Å². The van der Waals surface area contributed by atoms with E-state index in [1.807, 2.05) is 18.2 Å². The van der Waals surface area contributed by atoms with Crippen LogP contribution in [0.25, 0.3) is 0 Å². The second-order valence-corrected chi connectivity index (χ2v) is 8.52. The Bertz CT molecular complexity index is 941. The molecule has 2 aromatic rings. The van der Waals surface area contributed by atoms with Crippen LogP contribution < -0.4 is 20.1 Å². The van der Waals surface area contributed by atoms with Crippen molar-refractivity contribution in [2.45, 2.75) is 51.7 Å². The molecule has 166 valence electrons. The molecule has 2 atom stereocenters. The largest absolute Gasteiger partial charge is 0.493 e. The molecule has 31 heavy (non-hydrogen) atoms. The van der Waals surface area contributed by atoms with E-state index in [9.17, 15) is 10.4 Å². The lowest BCUT2D eigenvalue weighted by Gasteiger charge is -2.40. The number of aliphatic hydroxyl groups is 1. The number of nitrogens with one attached hydrogen (secondary N) is 2. The number of ether oxygens (including phenoxy) is 2. The first-order valence-corrected chi connectivity index (χ1v) is 10.5. The normalized spacial score (nSPS) is 19.9. The van der Waals surface area contributed by atoms with Crippen LogP contribution in [-0.4, -0.2) is 48.0 Å². The molecule has 0 bridgehead atoms. The van der Waals surface area contributed by atoms with Crippen LogP contribution >= 0.6 is 0 Å². The zero-order valence-corrected chi connectivity index (χ0v) is 18.6. The second kappa shape index (κ2) is 9.84. The molecule has 1 aliphatic rings. The summed E-state index contributed by atoms with van der Waals surface area (Å²) in [5.74, 6) is 2.40. The minimum atomic E-state index is -0.308. The molecule has 0 aliphatic heterocycles. The molecule has 3 rings (SSSR count). The van der Waals surface area contributed by atoms with Gasteiger partial charge in [0.05, 0.1) is 26.5 Å². The molecule has 0 spiro atoms. The van der Waals surface area contributed by atoms with E-state index in [1.165, 1.54) is 6.20 Å². The first-order chi connectivity index (χ1) is 14.9. The van der Waals surface area contributed by atoms with Gasteiger partial charge in [-0.05, 0) is 42.7 Å². The van der Waals surface area contributed by atoms with Gasteiger partial charge in [-0.25, -0.2) is 4.98 Å². The minimum absolute atomic E-state index is 0.147. The number of rotatable bonds is 8. The number of nitriles is 1. The monoisotopic (exact) mass is 425 g/mol. The van der Waals surface area contributed by atoms with Gasteiger partial charge in [0.2, 0.25) is 5.95 Å². The molecule has 0 radical (unpaired) electrons. The number of para-hydroxylation sites is 1. The van der Waals surface area contributed by atoms with E-state index < -0.39 is 0 Å². The Morgan fingerprint density at radius 1 is 1.26 bits per heavy atom. The summed E-state index contributed by atoms with van der Waals surface area (Å²) in [6.45, 7) is 4.73. The summed E-state index contributed by atoms with van der Waals surface area (Å²) in [7, 11) is 3.25. The van der Waals surface area contributed by atoms with Crippen LogP contribution in [0.1, 0.15) is 44.2 Å². The van der Waals surface area contributed by atoms with Gasteiger partial charge in [-0.3, -0.25) is 0 Å². The molecule has 3 N–H and O–H groups in total. The van der Waals surface area contributed by atoms with Gasteiger partial charge in [0.1, 0.15) is 17.5 Å². The topological polar surface area (TPSA) is 112 Å². The summed E-state index contributed by atoms with van der Waals surface area (Å²) in [5, 5.41) is 26.3. The highest BCUT2D eigenvalue weighted by Crippen LogP contribution is 2.37. The van der Waals surface area contributed by atoms with E-state index in [0.29, 0.717) is 36.0 Å². The zero-order chi connectivity index (χ0) is 22.4. The standard InChI is InChI=1S/C23H31N5O3/c1-23(2)12-17(8-9-19(23)29)27-21-16(13-24)14-26-22(28-21)25-11-10-15-6-5-7-18(30-3)20(15)31-4/h5-7,14,17,19,29H,8-12H2,1-4H3,(H2,25,26,27,28)/t17-,19+/m1/s1. The van der Waals surface area contributed by atoms with Crippen molar-refractivity contribution in [2.75, 3.05) is 31.4 Å². The van der Waals surface area contributed by atoms with Crippen molar-refractivity contribution in [2.24, 2.45) is 5.41 Å². The number of aliphatic hydroxyl groups excluding tert-OH is 1. The van der Waals surface area contributed by atoms with Gasteiger partial charge >= 0.3 is 0 Å². The number of hydrogen-bond donors (Lipinski definition) is 3. The van der Waals surface area contributed by atoms with Gasteiger partial charge in [-0.2, -0.15) is 10.2 Å². The van der Waals surface area contributed by atoms with E-state index in [2.05, 4.69) is 40.5 Å². The molecule has 1 aliphatic carbocycles. The first-order valence-electron chi connectivity index (χ1n) is 10.5. The molecule has 0 unspecified atom stereocenters. The smallest absolute Gasteiger partial charge is 0.224 e. The third-order valence-electron chi connectivity index (χ3n) is 5.88. The molecular weight excluding hydrogens is 394 g/mol. The van der Waals surface area contributed by atoms with Crippen molar-refractivity contribution in [3.8, 4) is 17.6 Å². The molecular formula is C23H31N5O3. The molecule has 1 fully saturated rings. The second-order valence-electron chi connectivity index (χ2n) is 8.52. The highest BCUT2D eigenvalue weighted by atomic mass is 16.5. The summed E-state index contributed by atoms with van der Waals surface area (Å²) in [6.07, 6.45) is 4.29. The molecule has 1 aromatic carbocycles. The third kappa shape index (κ3) is 5.36. The predicted molar refractivity (Wildman–Crippen MR) is 120 cm³/mol. The number of hydrogen-bond acceptors (Lipinski definition) is 8. The Morgan fingerprint density at radius 2 is 2.06 bits per heavy atom.